The number of hydrogen-bond acceptors (Lipinski definition) is 2. The third kappa shape index (κ3) is 2.39. The molecular formula is C7H5NaOS. The van der Waals surface area contributed by atoms with Gasteiger partial charge >= 0.3 is 29.6 Å². The van der Waals surface area contributed by atoms with E-state index in [9.17, 15) is 4.79 Å². The number of benzene rings is 1. The molecule has 0 aromatic heterocycles. The molecule has 46 valence electrons. The molecule has 0 aliphatic carbocycles. The monoisotopic (exact) mass is 160 g/mol. The van der Waals surface area contributed by atoms with Crippen molar-refractivity contribution >= 4 is 18.9 Å². The normalized spacial score (nSPS) is 8.00. The molecule has 0 heterocycles. The first-order valence-electron chi connectivity index (χ1n) is 2.56. The van der Waals surface area contributed by atoms with E-state index in [-0.39, 0.29) is 29.6 Å². The first-order chi connectivity index (χ1) is 4.34. The van der Waals surface area contributed by atoms with E-state index in [1.807, 2.05) is 6.07 Å². The van der Waals surface area contributed by atoms with Crippen molar-refractivity contribution in [2.45, 2.75) is 4.90 Å². The van der Waals surface area contributed by atoms with Crippen molar-refractivity contribution in [2.75, 3.05) is 0 Å². The maximum Gasteiger partial charge on any atom is 1.00 e. The van der Waals surface area contributed by atoms with Gasteiger partial charge in [-0.3, -0.25) is 4.79 Å². The van der Waals surface area contributed by atoms with Crippen LogP contribution in [-0.4, -0.2) is 6.29 Å². The molecule has 1 nitrogen and oxygen atoms in total. The minimum Gasteiger partial charge on any atom is -0.779 e. The zero-order chi connectivity index (χ0) is 6.69. The molecule has 0 radical (unpaired) electrons. The third-order valence-corrected chi connectivity index (χ3v) is 1.42. The molecule has 0 saturated heterocycles. The molecule has 0 fully saturated rings. The van der Waals surface area contributed by atoms with Crippen LogP contribution in [0.2, 0.25) is 0 Å². The SMILES string of the molecule is O=Cc1ccccc1[S-].[Na+]. The predicted molar refractivity (Wildman–Crippen MR) is 37.5 cm³/mol. The Kier molecular flexibility index (Phi) is 4.91. The smallest absolute Gasteiger partial charge is 0.779 e. The van der Waals surface area contributed by atoms with Crippen LogP contribution in [0.5, 0.6) is 0 Å². The molecule has 0 atom stereocenters. The van der Waals surface area contributed by atoms with E-state index in [4.69, 9.17) is 12.6 Å². The largest absolute Gasteiger partial charge is 1.00 e. The van der Waals surface area contributed by atoms with Gasteiger partial charge < -0.3 is 12.6 Å². The summed E-state index contributed by atoms with van der Waals surface area (Å²) in [5.74, 6) is 0. The van der Waals surface area contributed by atoms with Crippen LogP contribution in [0, 0.1) is 0 Å². The van der Waals surface area contributed by atoms with Crippen LogP contribution < -0.4 is 29.6 Å². The molecule has 10 heavy (non-hydrogen) atoms. The fourth-order valence-corrected chi connectivity index (χ4v) is 0.773. The summed E-state index contributed by atoms with van der Waals surface area (Å²) < 4.78 is 0. The van der Waals surface area contributed by atoms with E-state index >= 15 is 0 Å². The fourth-order valence-electron chi connectivity index (χ4n) is 0.578. The van der Waals surface area contributed by atoms with Gasteiger partial charge in [-0.25, -0.2) is 0 Å². The summed E-state index contributed by atoms with van der Waals surface area (Å²) in [6, 6.07) is 7.04. The van der Waals surface area contributed by atoms with Crippen LogP contribution >= 0.6 is 0 Å². The number of rotatable bonds is 1. The van der Waals surface area contributed by atoms with Crippen molar-refractivity contribution < 1.29 is 34.4 Å². The Morgan fingerprint density at radius 1 is 1.30 bits per heavy atom. The standard InChI is InChI=1S/C7H6OS.Na/c8-5-6-3-1-2-4-7(6)9;/h1-5,9H;/q;+1/p-1. The van der Waals surface area contributed by atoms with E-state index < -0.39 is 0 Å². The van der Waals surface area contributed by atoms with Crippen LogP contribution in [0.4, 0.5) is 0 Å². The molecule has 1 rings (SSSR count). The van der Waals surface area contributed by atoms with Gasteiger partial charge in [-0.2, -0.15) is 4.90 Å². The Morgan fingerprint density at radius 3 is 2.30 bits per heavy atom. The summed E-state index contributed by atoms with van der Waals surface area (Å²) in [4.78, 5) is 10.8. The summed E-state index contributed by atoms with van der Waals surface area (Å²) >= 11 is 4.82. The van der Waals surface area contributed by atoms with Crippen LogP contribution in [0.25, 0.3) is 0 Å². The van der Waals surface area contributed by atoms with Crippen molar-refractivity contribution in [3.8, 4) is 0 Å². The minimum absolute atomic E-state index is 0. The zero-order valence-electron chi connectivity index (χ0n) is 5.70. The van der Waals surface area contributed by atoms with Crippen molar-refractivity contribution in [2.24, 2.45) is 0 Å². The Labute approximate surface area is 87.5 Å². The average molecular weight is 160 g/mol. The molecule has 1 aromatic rings. The predicted octanol–water partition coefficient (Wildman–Crippen LogP) is -1.59. The molecule has 0 N–H and O–H groups in total. The Balaban J connectivity index is 0.000000810. The molecule has 1 aromatic carbocycles. The maximum absolute atomic E-state index is 10.2. The van der Waals surface area contributed by atoms with E-state index in [2.05, 4.69) is 0 Å². The third-order valence-electron chi connectivity index (χ3n) is 1.05. The van der Waals surface area contributed by atoms with Gasteiger partial charge in [0.1, 0.15) is 6.29 Å². The van der Waals surface area contributed by atoms with E-state index in [0.717, 1.165) is 6.29 Å². The first kappa shape index (κ1) is 10.1. The summed E-state index contributed by atoms with van der Waals surface area (Å²) in [6.07, 6.45) is 0.766. The second-order valence-electron chi connectivity index (χ2n) is 1.66. The summed E-state index contributed by atoms with van der Waals surface area (Å²) in [6.45, 7) is 0. The Morgan fingerprint density at radius 2 is 1.90 bits per heavy atom. The zero-order valence-corrected chi connectivity index (χ0v) is 8.52. The number of aldehydes is 1. The molecule has 0 saturated carbocycles. The van der Waals surface area contributed by atoms with Gasteiger partial charge in [-0.05, 0) is 5.56 Å². The second-order valence-corrected chi connectivity index (χ2v) is 2.10. The van der Waals surface area contributed by atoms with Crippen molar-refractivity contribution in [1.82, 2.24) is 0 Å². The summed E-state index contributed by atoms with van der Waals surface area (Å²) in [5.41, 5.74) is 0.590. The van der Waals surface area contributed by atoms with Crippen molar-refractivity contribution in [3.05, 3.63) is 29.8 Å². The van der Waals surface area contributed by atoms with E-state index in [0.29, 0.717) is 10.5 Å². The molecule has 0 aliphatic heterocycles. The number of carbonyl (C=O) groups is 1. The fraction of sp³-hybridized carbons (Fsp3) is 0. The molecule has 0 bridgehead atoms. The van der Waals surface area contributed by atoms with Crippen molar-refractivity contribution in [3.63, 3.8) is 0 Å². The Bertz CT molecular complexity index is 225. The summed E-state index contributed by atoms with van der Waals surface area (Å²) in [7, 11) is 0. The molecule has 0 aliphatic rings. The minimum atomic E-state index is 0. The van der Waals surface area contributed by atoms with E-state index in [1.165, 1.54) is 0 Å². The summed E-state index contributed by atoms with van der Waals surface area (Å²) in [5, 5.41) is 0. The van der Waals surface area contributed by atoms with Gasteiger partial charge in [0.05, 0.1) is 0 Å². The van der Waals surface area contributed by atoms with Gasteiger partial charge in [0.15, 0.2) is 0 Å². The Hall–Kier alpha value is 0.110. The molecule has 0 amide bonds. The van der Waals surface area contributed by atoms with Gasteiger partial charge in [0.2, 0.25) is 0 Å². The molecule has 0 spiro atoms. The quantitative estimate of drug-likeness (QED) is 0.280. The first-order valence-corrected chi connectivity index (χ1v) is 2.96. The van der Waals surface area contributed by atoms with Gasteiger partial charge in [-0.1, -0.05) is 24.3 Å². The molecule has 0 unspecified atom stereocenters. The van der Waals surface area contributed by atoms with Gasteiger partial charge in [0, 0.05) is 0 Å². The topological polar surface area (TPSA) is 17.1 Å². The second kappa shape index (κ2) is 4.85. The number of carbonyl (C=O) groups excluding carboxylic acids is 1. The van der Waals surface area contributed by atoms with Gasteiger partial charge in [-0.15, -0.1) is 0 Å². The van der Waals surface area contributed by atoms with Crippen LogP contribution in [0.1, 0.15) is 10.4 Å². The number of hydrogen-bond donors (Lipinski definition) is 0. The van der Waals surface area contributed by atoms with Gasteiger partial charge in [0.25, 0.3) is 0 Å². The van der Waals surface area contributed by atoms with Crippen molar-refractivity contribution in [1.29, 1.82) is 0 Å². The van der Waals surface area contributed by atoms with Crippen LogP contribution in [0.3, 0.4) is 0 Å². The van der Waals surface area contributed by atoms with E-state index in [1.54, 1.807) is 18.2 Å². The van der Waals surface area contributed by atoms with Crippen LogP contribution in [0.15, 0.2) is 29.2 Å². The molecular weight excluding hydrogens is 155 g/mol. The molecule has 3 heteroatoms. The average Bonchev–Trinajstić information content (AvgIpc) is 1.89. The maximum atomic E-state index is 10.2. The van der Waals surface area contributed by atoms with Crippen LogP contribution in [-0.2, 0) is 12.6 Å².